The van der Waals surface area contributed by atoms with E-state index in [0.717, 1.165) is 5.56 Å². The van der Waals surface area contributed by atoms with Gasteiger partial charge in [0.1, 0.15) is 6.61 Å². The van der Waals surface area contributed by atoms with Crippen molar-refractivity contribution >= 4 is 11.8 Å². The topological polar surface area (TPSA) is 55.8 Å². The van der Waals surface area contributed by atoms with Gasteiger partial charge in [-0.15, -0.1) is 0 Å². The van der Waals surface area contributed by atoms with Crippen LogP contribution in [0.4, 0.5) is 0 Å². The number of ketones is 1. The molecule has 1 unspecified atom stereocenters. The molecule has 128 valence electrons. The van der Waals surface area contributed by atoms with Crippen LogP contribution in [0.1, 0.15) is 32.3 Å². The number of benzene rings is 1. The van der Waals surface area contributed by atoms with Crippen LogP contribution in [0.25, 0.3) is 0 Å². The summed E-state index contributed by atoms with van der Waals surface area (Å²) < 4.78 is 9.89. The van der Waals surface area contributed by atoms with Gasteiger partial charge in [0.2, 0.25) is 0 Å². The number of carbonyl (C=O) groups is 2. The second-order valence-corrected chi connectivity index (χ2v) is 5.44. The number of hydrogen-bond acceptors (Lipinski definition) is 5. The van der Waals surface area contributed by atoms with E-state index in [1.54, 1.807) is 6.92 Å². The molecule has 0 aliphatic heterocycles. The average molecular weight is 321 g/mol. The lowest BCUT2D eigenvalue weighted by Gasteiger charge is -2.28. The van der Waals surface area contributed by atoms with Gasteiger partial charge in [0.25, 0.3) is 0 Å². The lowest BCUT2D eigenvalue weighted by Crippen LogP contribution is -2.41. The zero-order valence-electron chi connectivity index (χ0n) is 14.3. The molecule has 0 radical (unpaired) electrons. The number of carbonyl (C=O) groups excluding carboxylic acids is 2. The van der Waals surface area contributed by atoms with E-state index < -0.39 is 0 Å². The van der Waals surface area contributed by atoms with Crippen LogP contribution in [-0.2, 0) is 25.6 Å². The molecule has 1 aromatic rings. The van der Waals surface area contributed by atoms with Crippen LogP contribution < -0.4 is 0 Å². The summed E-state index contributed by atoms with van der Waals surface area (Å²) in [5.74, 6) is -0.150. The fourth-order valence-electron chi connectivity index (χ4n) is 2.35. The number of methoxy groups -OCH3 is 1. The van der Waals surface area contributed by atoms with Crippen molar-refractivity contribution in [1.82, 2.24) is 4.90 Å². The SMILES string of the molecule is CCOC(=O)CCCN(Cc1ccccc1)C(C)C(=O)COC. The van der Waals surface area contributed by atoms with Gasteiger partial charge >= 0.3 is 5.97 Å². The quantitative estimate of drug-likeness (QED) is 0.586. The molecule has 0 saturated carbocycles. The van der Waals surface area contributed by atoms with E-state index in [2.05, 4.69) is 4.90 Å². The Balaban J connectivity index is 2.64. The second-order valence-electron chi connectivity index (χ2n) is 5.44. The first-order chi connectivity index (χ1) is 11.1. The molecule has 0 heterocycles. The molecule has 1 atom stereocenters. The molecule has 0 aromatic heterocycles. The van der Waals surface area contributed by atoms with Gasteiger partial charge < -0.3 is 9.47 Å². The lowest BCUT2D eigenvalue weighted by molar-refractivity contribution is -0.143. The highest BCUT2D eigenvalue weighted by molar-refractivity contribution is 5.84. The fraction of sp³-hybridized carbons (Fsp3) is 0.556. The molecule has 0 aliphatic rings. The van der Waals surface area contributed by atoms with E-state index >= 15 is 0 Å². The highest BCUT2D eigenvalue weighted by Crippen LogP contribution is 2.11. The van der Waals surface area contributed by atoms with E-state index in [4.69, 9.17) is 9.47 Å². The minimum Gasteiger partial charge on any atom is -0.466 e. The Labute approximate surface area is 138 Å². The maximum absolute atomic E-state index is 12.1. The Bertz CT molecular complexity index is 475. The molecule has 0 spiro atoms. The molecular formula is C18H27NO4. The predicted octanol–water partition coefficient (Wildman–Crippen LogP) is 2.44. The molecule has 5 heteroatoms. The van der Waals surface area contributed by atoms with Crippen LogP contribution in [0.3, 0.4) is 0 Å². The van der Waals surface area contributed by atoms with Crippen molar-refractivity contribution in [3.8, 4) is 0 Å². The number of ether oxygens (including phenoxy) is 2. The van der Waals surface area contributed by atoms with Gasteiger partial charge in [0.05, 0.1) is 12.6 Å². The van der Waals surface area contributed by atoms with Crippen molar-refractivity contribution in [2.45, 2.75) is 39.3 Å². The maximum Gasteiger partial charge on any atom is 0.305 e. The summed E-state index contributed by atoms with van der Waals surface area (Å²) in [6.45, 7) is 5.50. The van der Waals surface area contributed by atoms with Crippen LogP contribution in [0.5, 0.6) is 0 Å². The van der Waals surface area contributed by atoms with Crippen LogP contribution >= 0.6 is 0 Å². The minimum atomic E-state index is -0.252. The lowest BCUT2D eigenvalue weighted by atomic mass is 10.1. The van der Waals surface area contributed by atoms with Gasteiger partial charge in [-0.1, -0.05) is 30.3 Å². The van der Waals surface area contributed by atoms with Gasteiger partial charge in [-0.3, -0.25) is 14.5 Å². The number of rotatable bonds is 11. The zero-order chi connectivity index (χ0) is 17.1. The molecule has 0 saturated heterocycles. The van der Waals surface area contributed by atoms with Crippen LogP contribution in [-0.4, -0.2) is 49.6 Å². The Kier molecular flexibility index (Phi) is 9.17. The van der Waals surface area contributed by atoms with Crippen molar-refractivity contribution in [3.05, 3.63) is 35.9 Å². The minimum absolute atomic E-state index is 0.0413. The summed E-state index contributed by atoms with van der Waals surface area (Å²) in [5, 5.41) is 0. The number of hydrogen-bond donors (Lipinski definition) is 0. The van der Waals surface area contributed by atoms with Crippen LogP contribution in [0.15, 0.2) is 30.3 Å². The summed E-state index contributed by atoms with van der Waals surface area (Å²) in [4.78, 5) is 25.7. The third-order valence-electron chi connectivity index (χ3n) is 3.66. The molecule has 0 amide bonds. The monoisotopic (exact) mass is 321 g/mol. The summed E-state index contributed by atoms with van der Waals surface area (Å²) in [5.41, 5.74) is 1.14. The zero-order valence-corrected chi connectivity index (χ0v) is 14.3. The first kappa shape index (κ1) is 19.3. The number of Topliss-reactive ketones (excluding diaryl/α,β-unsaturated/α-hetero) is 1. The van der Waals surface area contributed by atoms with Gasteiger partial charge in [0, 0.05) is 20.1 Å². The Morgan fingerprint density at radius 2 is 1.91 bits per heavy atom. The van der Waals surface area contributed by atoms with E-state index in [-0.39, 0.29) is 24.4 Å². The van der Waals surface area contributed by atoms with E-state index in [1.165, 1.54) is 7.11 Å². The number of esters is 1. The van der Waals surface area contributed by atoms with Gasteiger partial charge in [0.15, 0.2) is 5.78 Å². The third-order valence-corrected chi connectivity index (χ3v) is 3.66. The van der Waals surface area contributed by atoms with Gasteiger partial charge in [-0.25, -0.2) is 0 Å². The average Bonchev–Trinajstić information content (AvgIpc) is 2.54. The van der Waals surface area contributed by atoms with Crippen molar-refractivity contribution in [2.75, 3.05) is 26.9 Å². The number of nitrogens with zero attached hydrogens (tertiary/aromatic N) is 1. The molecule has 0 fully saturated rings. The molecule has 23 heavy (non-hydrogen) atoms. The molecule has 1 aromatic carbocycles. The first-order valence-corrected chi connectivity index (χ1v) is 8.03. The van der Waals surface area contributed by atoms with E-state index in [9.17, 15) is 9.59 Å². The predicted molar refractivity (Wildman–Crippen MR) is 89.1 cm³/mol. The molecule has 0 N–H and O–H groups in total. The highest BCUT2D eigenvalue weighted by atomic mass is 16.5. The second kappa shape index (κ2) is 10.9. The van der Waals surface area contributed by atoms with E-state index in [1.807, 2.05) is 37.3 Å². The molecular weight excluding hydrogens is 294 g/mol. The summed E-state index contributed by atoms with van der Waals surface area (Å²) in [6, 6.07) is 9.74. The first-order valence-electron chi connectivity index (χ1n) is 8.03. The van der Waals surface area contributed by atoms with Crippen molar-refractivity contribution < 1.29 is 19.1 Å². The molecule has 0 bridgehead atoms. The Hall–Kier alpha value is -1.72. The summed E-state index contributed by atoms with van der Waals surface area (Å²) in [7, 11) is 1.52. The smallest absolute Gasteiger partial charge is 0.305 e. The third kappa shape index (κ3) is 7.39. The fourth-order valence-corrected chi connectivity index (χ4v) is 2.35. The van der Waals surface area contributed by atoms with Crippen LogP contribution in [0.2, 0.25) is 0 Å². The standard InChI is InChI=1S/C18H27NO4/c1-4-23-18(21)11-8-12-19(15(2)17(20)14-22-3)13-16-9-6-5-7-10-16/h5-7,9-10,15H,4,8,11-14H2,1-3H3. The molecule has 1 rings (SSSR count). The van der Waals surface area contributed by atoms with Crippen molar-refractivity contribution in [2.24, 2.45) is 0 Å². The highest BCUT2D eigenvalue weighted by Gasteiger charge is 2.21. The summed E-state index contributed by atoms with van der Waals surface area (Å²) >= 11 is 0. The van der Waals surface area contributed by atoms with E-state index in [0.29, 0.717) is 32.5 Å². The van der Waals surface area contributed by atoms with Crippen molar-refractivity contribution in [1.29, 1.82) is 0 Å². The van der Waals surface area contributed by atoms with Crippen LogP contribution in [0, 0.1) is 0 Å². The molecule has 5 nitrogen and oxygen atoms in total. The summed E-state index contributed by atoms with van der Waals surface area (Å²) in [6.07, 6.45) is 1.03. The normalized spacial score (nSPS) is 12.2. The molecule has 0 aliphatic carbocycles. The van der Waals surface area contributed by atoms with Gasteiger partial charge in [-0.2, -0.15) is 0 Å². The van der Waals surface area contributed by atoms with Crippen molar-refractivity contribution in [3.63, 3.8) is 0 Å². The van der Waals surface area contributed by atoms with Gasteiger partial charge in [-0.05, 0) is 32.4 Å². The largest absolute Gasteiger partial charge is 0.466 e. The Morgan fingerprint density at radius 1 is 1.22 bits per heavy atom. The maximum atomic E-state index is 12.1. The Morgan fingerprint density at radius 3 is 2.52 bits per heavy atom.